The molecule has 0 radical (unpaired) electrons. The largest absolute Gasteiger partial charge is 0.382 e. The van der Waals surface area contributed by atoms with Gasteiger partial charge in [0.15, 0.2) is 11.5 Å². The molecule has 3 aromatic rings. The number of likely N-dealkylation sites (N-methyl/N-ethyl adjacent to an activating group) is 1. The van der Waals surface area contributed by atoms with Gasteiger partial charge in [0.1, 0.15) is 5.82 Å². The van der Waals surface area contributed by atoms with E-state index in [9.17, 15) is 0 Å². The average Bonchev–Trinajstić information content (AvgIpc) is 3.05. The van der Waals surface area contributed by atoms with Crippen LogP contribution in [0.5, 0.6) is 0 Å². The van der Waals surface area contributed by atoms with E-state index < -0.39 is 0 Å². The third-order valence-electron chi connectivity index (χ3n) is 3.01. The van der Waals surface area contributed by atoms with E-state index in [1.54, 1.807) is 23.7 Å². The van der Waals surface area contributed by atoms with Gasteiger partial charge in [-0.2, -0.15) is 0 Å². The highest BCUT2D eigenvalue weighted by Gasteiger charge is 2.11. The molecule has 0 unspecified atom stereocenters. The van der Waals surface area contributed by atoms with Gasteiger partial charge in [-0.25, -0.2) is 9.97 Å². The van der Waals surface area contributed by atoms with Crippen LogP contribution in [0.2, 0.25) is 0 Å². The lowest BCUT2D eigenvalue weighted by Crippen LogP contribution is -2.22. The fourth-order valence-electron chi connectivity index (χ4n) is 2.03. The van der Waals surface area contributed by atoms with Crippen molar-refractivity contribution in [2.75, 3.05) is 24.2 Å². The van der Waals surface area contributed by atoms with Gasteiger partial charge in [0.2, 0.25) is 0 Å². The van der Waals surface area contributed by atoms with Gasteiger partial charge in [-0.15, -0.1) is 11.3 Å². The maximum absolute atomic E-state index is 5.83. The van der Waals surface area contributed by atoms with Crippen molar-refractivity contribution in [1.29, 1.82) is 0 Å². The second-order valence-corrected chi connectivity index (χ2v) is 5.43. The average molecular weight is 273 g/mol. The number of thiophene rings is 1. The van der Waals surface area contributed by atoms with Crippen molar-refractivity contribution in [1.82, 2.24) is 14.4 Å². The minimum atomic E-state index is 0.503. The van der Waals surface area contributed by atoms with E-state index in [2.05, 4.69) is 32.4 Å². The summed E-state index contributed by atoms with van der Waals surface area (Å²) < 4.78 is 1.90. The van der Waals surface area contributed by atoms with Crippen molar-refractivity contribution in [2.24, 2.45) is 0 Å². The van der Waals surface area contributed by atoms with Gasteiger partial charge >= 0.3 is 0 Å². The predicted molar refractivity (Wildman–Crippen MR) is 78.7 cm³/mol. The standard InChI is InChI=1S/C13H15N5S/c1-17(6-4-10-3-2-8-19-10)13-12-15-5-7-18(12)9-11(14)16-13/h2-3,5,7-9H,4,6,14H2,1H3. The zero-order valence-corrected chi connectivity index (χ0v) is 11.5. The summed E-state index contributed by atoms with van der Waals surface area (Å²) in [6, 6.07) is 4.22. The minimum absolute atomic E-state index is 0.503. The molecule has 3 heterocycles. The van der Waals surface area contributed by atoms with Crippen LogP contribution in [-0.4, -0.2) is 28.0 Å². The Hall–Kier alpha value is -2.08. The van der Waals surface area contributed by atoms with Gasteiger partial charge < -0.3 is 15.0 Å². The lowest BCUT2D eigenvalue weighted by molar-refractivity contribution is 0.867. The number of imidazole rings is 1. The third-order valence-corrected chi connectivity index (χ3v) is 3.95. The Morgan fingerprint density at radius 3 is 3.16 bits per heavy atom. The second-order valence-electron chi connectivity index (χ2n) is 4.40. The number of fused-ring (bicyclic) bond motifs is 1. The quantitative estimate of drug-likeness (QED) is 0.790. The van der Waals surface area contributed by atoms with Crippen molar-refractivity contribution in [3.8, 4) is 0 Å². The number of hydrogen-bond acceptors (Lipinski definition) is 5. The lowest BCUT2D eigenvalue weighted by atomic mass is 10.3. The van der Waals surface area contributed by atoms with Gasteiger partial charge in [-0.05, 0) is 17.9 Å². The molecule has 5 nitrogen and oxygen atoms in total. The zero-order chi connectivity index (χ0) is 13.2. The minimum Gasteiger partial charge on any atom is -0.382 e. The molecule has 3 rings (SSSR count). The molecule has 0 fully saturated rings. The molecule has 0 spiro atoms. The molecule has 0 bridgehead atoms. The van der Waals surface area contributed by atoms with Gasteiger partial charge in [-0.3, -0.25) is 0 Å². The van der Waals surface area contributed by atoms with E-state index in [4.69, 9.17) is 5.73 Å². The van der Waals surface area contributed by atoms with Crippen molar-refractivity contribution in [2.45, 2.75) is 6.42 Å². The van der Waals surface area contributed by atoms with Crippen molar-refractivity contribution >= 4 is 28.6 Å². The first-order chi connectivity index (χ1) is 9.24. The summed E-state index contributed by atoms with van der Waals surface area (Å²) in [6.07, 6.45) is 6.41. The summed E-state index contributed by atoms with van der Waals surface area (Å²) in [5.74, 6) is 1.32. The van der Waals surface area contributed by atoms with E-state index in [0.717, 1.165) is 24.4 Å². The van der Waals surface area contributed by atoms with Crippen LogP contribution in [0.15, 0.2) is 36.1 Å². The van der Waals surface area contributed by atoms with Crippen LogP contribution in [0.1, 0.15) is 4.88 Å². The van der Waals surface area contributed by atoms with Crippen molar-refractivity contribution < 1.29 is 0 Å². The molecule has 0 aromatic carbocycles. The highest BCUT2D eigenvalue weighted by Crippen LogP contribution is 2.19. The summed E-state index contributed by atoms with van der Waals surface area (Å²) in [6.45, 7) is 0.888. The van der Waals surface area contributed by atoms with E-state index in [-0.39, 0.29) is 0 Å². The summed E-state index contributed by atoms with van der Waals surface area (Å²) in [4.78, 5) is 12.2. The monoisotopic (exact) mass is 273 g/mol. The normalized spacial score (nSPS) is 11.0. The molecule has 0 atom stereocenters. The number of aromatic nitrogens is 3. The molecule has 3 aromatic heterocycles. The van der Waals surface area contributed by atoms with Crippen LogP contribution >= 0.6 is 11.3 Å². The van der Waals surface area contributed by atoms with Crippen LogP contribution in [0.4, 0.5) is 11.6 Å². The molecule has 19 heavy (non-hydrogen) atoms. The van der Waals surface area contributed by atoms with E-state index in [0.29, 0.717) is 5.82 Å². The fraction of sp³-hybridized carbons (Fsp3) is 0.231. The summed E-state index contributed by atoms with van der Waals surface area (Å²) in [7, 11) is 2.02. The van der Waals surface area contributed by atoms with Crippen molar-refractivity contribution in [3.05, 3.63) is 41.0 Å². The molecule has 0 aliphatic heterocycles. The first kappa shape index (κ1) is 12.0. The van der Waals surface area contributed by atoms with Gasteiger partial charge in [0, 0.05) is 30.9 Å². The molecule has 98 valence electrons. The zero-order valence-electron chi connectivity index (χ0n) is 10.7. The summed E-state index contributed by atoms with van der Waals surface area (Å²) in [5, 5.41) is 2.10. The van der Waals surface area contributed by atoms with E-state index in [1.165, 1.54) is 4.88 Å². The third kappa shape index (κ3) is 2.39. The predicted octanol–water partition coefficient (Wildman–Crippen LogP) is 2.05. The van der Waals surface area contributed by atoms with Gasteiger partial charge in [-0.1, -0.05) is 6.07 Å². The highest BCUT2D eigenvalue weighted by atomic mass is 32.1. The van der Waals surface area contributed by atoms with E-state index >= 15 is 0 Å². The first-order valence-corrected chi connectivity index (χ1v) is 6.95. The smallest absolute Gasteiger partial charge is 0.180 e. The van der Waals surface area contributed by atoms with Crippen molar-refractivity contribution in [3.63, 3.8) is 0 Å². The molecule has 0 aliphatic rings. The Bertz CT molecular complexity index is 673. The Labute approximate surface area is 115 Å². The number of hydrogen-bond donors (Lipinski definition) is 1. The number of nitrogens with two attached hydrogens (primary N) is 1. The maximum atomic E-state index is 5.83. The second kappa shape index (κ2) is 4.89. The number of rotatable bonds is 4. The number of nitrogens with zero attached hydrogens (tertiary/aromatic N) is 4. The molecule has 0 amide bonds. The van der Waals surface area contributed by atoms with Gasteiger partial charge in [0.05, 0.1) is 6.20 Å². The van der Waals surface area contributed by atoms with Crippen LogP contribution in [0.3, 0.4) is 0 Å². The molecular formula is C13H15N5S. The molecule has 0 aliphatic carbocycles. The number of anilines is 2. The Kier molecular flexibility index (Phi) is 3.08. The Balaban J connectivity index is 1.84. The van der Waals surface area contributed by atoms with Crippen LogP contribution in [0, 0.1) is 0 Å². The SMILES string of the molecule is CN(CCc1cccs1)c1nc(N)cn2ccnc12. The molecule has 6 heteroatoms. The Morgan fingerprint density at radius 1 is 1.47 bits per heavy atom. The van der Waals surface area contributed by atoms with Crippen LogP contribution in [-0.2, 0) is 6.42 Å². The lowest BCUT2D eigenvalue weighted by Gasteiger charge is -2.18. The fourth-order valence-corrected chi connectivity index (χ4v) is 2.73. The van der Waals surface area contributed by atoms with E-state index in [1.807, 2.05) is 17.6 Å². The summed E-state index contributed by atoms with van der Waals surface area (Å²) >= 11 is 1.78. The number of nitrogen functional groups attached to an aromatic ring is 1. The molecule has 2 N–H and O–H groups in total. The van der Waals surface area contributed by atoms with Crippen LogP contribution < -0.4 is 10.6 Å². The van der Waals surface area contributed by atoms with Crippen LogP contribution in [0.25, 0.3) is 5.65 Å². The molecule has 0 saturated heterocycles. The Morgan fingerprint density at radius 2 is 2.37 bits per heavy atom. The topological polar surface area (TPSA) is 59.5 Å². The van der Waals surface area contributed by atoms with Gasteiger partial charge in [0.25, 0.3) is 0 Å². The first-order valence-electron chi connectivity index (χ1n) is 6.07. The molecule has 0 saturated carbocycles. The molecular weight excluding hydrogens is 258 g/mol. The summed E-state index contributed by atoms with van der Waals surface area (Å²) in [5.41, 5.74) is 6.66. The highest BCUT2D eigenvalue weighted by molar-refractivity contribution is 7.09. The maximum Gasteiger partial charge on any atom is 0.180 e.